The zero-order valence-electron chi connectivity index (χ0n) is 8.68. The van der Waals surface area contributed by atoms with Crippen molar-refractivity contribution in [3.8, 4) is 0 Å². The minimum atomic E-state index is -0.0768. The van der Waals surface area contributed by atoms with Gasteiger partial charge in [-0.15, -0.1) is 0 Å². The van der Waals surface area contributed by atoms with Gasteiger partial charge < -0.3 is 0 Å². The number of hydrogen-bond donors (Lipinski definition) is 0. The molecule has 0 aliphatic heterocycles. The molecule has 2 aliphatic carbocycles. The quantitative estimate of drug-likeness (QED) is 0.583. The largest absolute Gasteiger partial charge is 0.207 e. The molecule has 2 unspecified atom stereocenters. The molecule has 2 atom stereocenters. The standard InChI is InChI=1S/C13H15F/c1-13(2)11-5-6-12(13)10-7-8(14)3-4-9(10)11/h3-4,7,11-12H,5-6H2,1-2H3. The highest BCUT2D eigenvalue weighted by Crippen LogP contribution is 2.64. The molecule has 1 aromatic rings. The van der Waals surface area contributed by atoms with Crippen molar-refractivity contribution in [3.63, 3.8) is 0 Å². The Morgan fingerprint density at radius 1 is 1.14 bits per heavy atom. The van der Waals surface area contributed by atoms with Crippen LogP contribution in [-0.2, 0) is 0 Å². The maximum atomic E-state index is 13.1. The van der Waals surface area contributed by atoms with Gasteiger partial charge in [0.05, 0.1) is 0 Å². The summed E-state index contributed by atoms with van der Waals surface area (Å²) in [5.41, 5.74) is 3.05. The molecular formula is C13H15F. The molecule has 0 radical (unpaired) electrons. The predicted octanol–water partition coefficient (Wildman–Crippen LogP) is 3.83. The summed E-state index contributed by atoms with van der Waals surface area (Å²) >= 11 is 0. The highest BCUT2D eigenvalue weighted by atomic mass is 19.1. The van der Waals surface area contributed by atoms with Gasteiger partial charge in [-0.05, 0) is 53.4 Å². The van der Waals surface area contributed by atoms with E-state index in [9.17, 15) is 4.39 Å². The van der Waals surface area contributed by atoms with Gasteiger partial charge >= 0.3 is 0 Å². The fraction of sp³-hybridized carbons (Fsp3) is 0.538. The van der Waals surface area contributed by atoms with Crippen molar-refractivity contribution in [2.45, 2.75) is 38.5 Å². The molecule has 0 saturated heterocycles. The molecule has 1 fully saturated rings. The average molecular weight is 190 g/mol. The average Bonchev–Trinajstić information content (AvgIpc) is 2.53. The first-order valence-electron chi connectivity index (χ1n) is 5.40. The fourth-order valence-corrected chi connectivity index (χ4v) is 3.60. The minimum Gasteiger partial charge on any atom is -0.207 e. The predicted molar refractivity (Wildman–Crippen MR) is 54.9 cm³/mol. The SMILES string of the molecule is CC1(C)C2CCC1c1cc(F)ccc12. The third-order valence-corrected chi connectivity index (χ3v) is 4.34. The summed E-state index contributed by atoms with van der Waals surface area (Å²) in [5.74, 6) is 1.19. The Balaban J connectivity index is 2.21. The van der Waals surface area contributed by atoms with Gasteiger partial charge in [0.1, 0.15) is 5.82 Å². The Morgan fingerprint density at radius 3 is 2.50 bits per heavy atom. The summed E-state index contributed by atoms with van der Waals surface area (Å²) in [4.78, 5) is 0. The normalized spacial score (nSPS) is 31.9. The molecule has 3 rings (SSSR count). The minimum absolute atomic E-state index is 0.0768. The van der Waals surface area contributed by atoms with Gasteiger partial charge in [0.2, 0.25) is 0 Å². The van der Waals surface area contributed by atoms with Gasteiger partial charge in [-0.2, -0.15) is 0 Å². The number of rotatable bonds is 0. The maximum Gasteiger partial charge on any atom is 0.123 e. The van der Waals surface area contributed by atoms with Crippen LogP contribution in [0.5, 0.6) is 0 Å². The molecule has 0 amide bonds. The Bertz CT molecular complexity index is 392. The summed E-state index contributed by atoms with van der Waals surface area (Å²) < 4.78 is 13.1. The lowest BCUT2D eigenvalue weighted by atomic mass is 9.80. The third kappa shape index (κ3) is 0.832. The molecule has 0 N–H and O–H groups in total. The monoisotopic (exact) mass is 190 g/mol. The first kappa shape index (κ1) is 8.46. The molecule has 1 aromatic carbocycles. The molecule has 74 valence electrons. The van der Waals surface area contributed by atoms with Crippen molar-refractivity contribution in [3.05, 3.63) is 35.1 Å². The van der Waals surface area contributed by atoms with E-state index in [1.54, 1.807) is 12.1 Å². The van der Waals surface area contributed by atoms with E-state index in [0.717, 1.165) is 0 Å². The van der Waals surface area contributed by atoms with Crippen molar-refractivity contribution in [1.29, 1.82) is 0 Å². The fourth-order valence-electron chi connectivity index (χ4n) is 3.60. The zero-order chi connectivity index (χ0) is 9.92. The molecule has 14 heavy (non-hydrogen) atoms. The van der Waals surface area contributed by atoms with Crippen LogP contribution in [0.4, 0.5) is 4.39 Å². The first-order valence-corrected chi connectivity index (χ1v) is 5.40. The number of hydrogen-bond acceptors (Lipinski definition) is 0. The Labute approximate surface area is 84.1 Å². The van der Waals surface area contributed by atoms with Gasteiger partial charge in [0.25, 0.3) is 0 Å². The molecule has 1 saturated carbocycles. The van der Waals surface area contributed by atoms with Crippen molar-refractivity contribution >= 4 is 0 Å². The van der Waals surface area contributed by atoms with Crippen LogP contribution in [0.2, 0.25) is 0 Å². The van der Waals surface area contributed by atoms with Gasteiger partial charge in [-0.3, -0.25) is 0 Å². The van der Waals surface area contributed by atoms with Crippen LogP contribution in [0.1, 0.15) is 49.7 Å². The number of benzene rings is 1. The molecule has 2 bridgehead atoms. The zero-order valence-corrected chi connectivity index (χ0v) is 8.68. The molecule has 0 nitrogen and oxygen atoms in total. The summed E-state index contributed by atoms with van der Waals surface area (Å²) in [6.45, 7) is 4.65. The van der Waals surface area contributed by atoms with Crippen molar-refractivity contribution < 1.29 is 4.39 Å². The summed E-state index contributed by atoms with van der Waals surface area (Å²) in [5, 5.41) is 0. The van der Waals surface area contributed by atoms with E-state index in [4.69, 9.17) is 0 Å². The van der Waals surface area contributed by atoms with E-state index in [0.29, 0.717) is 17.3 Å². The van der Waals surface area contributed by atoms with E-state index in [2.05, 4.69) is 13.8 Å². The van der Waals surface area contributed by atoms with E-state index in [1.807, 2.05) is 6.07 Å². The molecule has 1 heteroatoms. The van der Waals surface area contributed by atoms with Crippen LogP contribution in [0.15, 0.2) is 18.2 Å². The molecule has 2 aliphatic rings. The second kappa shape index (κ2) is 2.39. The van der Waals surface area contributed by atoms with Crippen LogP contribution in [0.25, 0.3) is 0 Å². The molecule has 0 spiro atoms. The molecular weight excluding hydrogens is 175 g/mol. The van der Waals surface area contributed by atoms with Crippen molar-refractivity contribution in [2.75, 3.05) is 0 Å². The number of fused-ring (bicyclic) bond motifs is 5. The van der Waals surface area contributed by atoms with Gasteiger partial charge in [0, 0.05) is 0 Å². The lowest BCUT2D eigenvalue weighted by Gasteiger charge is -2.24. The van der Waals surface area contributed by atoms with Crippen LogP contribution in [0, 0.1) is 11.2 Å². The van der Waals surface area contributed by atoms with Crippen molar-refractivity contribution in [1.82, 2.24) is 0 Å². The highest BCUT2D eigenvalue weighted by Gasteiger charge is 2.51. The van der Waals surface area contributed by atoms with Crippen LogP contribution in [-0.4, -0.2) is 0 Å². The summed E-state index contributed by atoms with van der Waals surface area (Å²) in [7, 11) is 0. The molecule has 0 aromatic heterocycles. The highest BCUT2D eigenvalue weighted by molar-refractivity contribution is 5.44. The van der Waals surface area contributed by atoms with E-state index >= 15 is 0 Å². The van der Waals surface area contributed by atoms with Crippen LogP contribution in [0.3, 0.4) is 0 Å². The Hall–Kier alpha value is -0.850. The first-order chi connectivity index (χ1) is 6.60. The molecule has 0 heterocycles. The second-order valence-corrected chi connectivity index (χ2v) is 5.28. The number of halogens is 1. The smallest absolute Gasteiger partial charge is 0.123 e. The summed E-state index contributed by atoms with van der Waals surface area (Å²) in [6, 6.07) is 5.35. The maximum absolute atomic E-state index is 13.1. The van der Waals surface area contributed by atoms with E-state index < -0.39 is 0 Å². The topological polar surface area (TPSA) is 0 Å². The van der Waals surface area contributed by atoms with E-state index in [1.165, 1.54) is 24.0 Å². The second-order valence-electron chi connectivity index (χ2n) is 5.28. The van der Waals surface area contributed by atoms with Gasteiger partial charge in [-0.25, -0.2) is 4.39 Å². The Kier molecular flexibility index (Phi) is 1.44. The summed E-state index contributed by atoms with van der Waals surface area (Å²) in [6.07, 6.45) is 2.53. The Morgan fingerprint density at radius 2 is 1.79 bits per heavy atom. The van der Waals surface area contributed by atoms with E-state index in [-0.39, 0.29) is 5.82 Å². The lowest BCUT2D eigenvalue weighted by Crippen LogP contribution is -2.13. The van der Waals surface area contributed by atoms with Crippen LogP contribution >= 0.6 is 0 Å². The van der Waals surface area contributed by atoms with Gasteiger partial charge in [-0.1, -0.05) is 19.9 Å². The lowest BCUT2D eigenvalue weighted by molar-refractivity contribution is 0.325. The van der Waals surface area contributed by atoms with Gasteiger partial charge in [0.15, 0.2) is 0 Å². The third-order valence-electron chi connectivity index (χ3n) is 4.34. The van der Waals surface area contributed by atoms with Crippen LogP contribution < -0.4 is 0 Å². The van der Waals surface area contributed by atoms with Crippen molar-refractivity contribution in [2.24, 2.45) is 5.41 Å².